The fourth-order valence-electron chi connectivity index (χ4n) is 1.22. The smallest absolute Gasteiger partial charge is 0.338 e. The van der Waals surface area contributed by atoms with E-state index in [4.69, 9.17) is 4.74 Å². The molecule has 0 amide bonds. The van der Waals surface area contributed by atoms with Gasteiger partial charge in [0.2, 0.25) is 0 Å². The summed E-state index contributed by atoms with van der Waals surface area (Å²) in [7, 11) is 2.82. The van der Waals surface area contributed by atoms with Crippen LogP contribution >= 0.6 is 0 Å². The van der Waals surface area contributed by atoms with E-state index in [1.807, 2.05) is 0 Å². The molecule has 0 radical (unpaired) electrons. The van der Waals surface area contributed by atoms with Gasteiger partial charge in [0, 0.05) is 20.0 Å². The van der Waals surface area contributed by atoms with Crippen molar-refractivity contribution in [3.63, 3.8) is 0 Å². The Bertz CT molecular complexity index is 160. The molecule has 4 nitrogen and oxygen atoms in total. The number of rotatable bonds is 2. The van der Waals surface area contributed by atoms with E-state index in [1.165, 1.54) is 7.11 Å². The van der Waals surface area contributed by atoms with E-state index in [1.54, 1.807) is 7.11 Å². The molecule has 0 aromatic heterocycles. The highest BCUT2D eigenvalue weighted by molar-refractivity contribution is 5.80. The standard InChI is InChI=1S/C7H12O4/c1-10-5-3-7(9,4-5)6(8)11-2/h5,9H,3-4H2,1-2H3. The second-order valence-electron chi connectivity index (χ2n) is 2.79. The lowest BCUT2D eigenvalue weighted by Crippen LogP contribution is -2.54. The minimum atomic E-state index is -1.28. The average Bonchev–Trinajstić information content (AvgIpc) is 1.96. The monoisotopic (exact) mass is 160 g/mol. The first-order valence-electron chi connectivity index (χ1n) is 3.46. The van der Waals surface area contributed by atoms with Gasteiger partial charge in [0.05, 0.1) is 13.2 Å². The van der Waals surface area contributed by atoms with Gasteiger partial charge < -0.3 is 14.6 Å². The Morgan fingerprint density at radius 2 is 2.09 bits per heavy atom. The summed E-state index contributed by atoms with van der Waals surface area (Å²) in [5.41, 5.74) is -1.28. The molecule has 0 atom stereocenters. The van der Waals surface area contributed by atoms with E-state index in [0.717, 1.165) is 0 Å². The minimum Gasteiger partial charge on any atom is -0.467 e. The summed E-state index contributed by atoms with van der Waals surface area (Å²) in [5, 5.41) is 9.43. The van der Waals surface area contributed by atoms with Crippen molar-refractivity contribution in [2.24, 2.45) is 0 Å². The van der Waals surface area contributed by atoms with E-state index in [0.29, 0.717) is 12.8 Å². The Labute approximate surface area is 65.1 Å². The molecule has 1 rings (SSSR count). The fourth-order valence-corrected chi connectivity index (χ4v) is 1.22. The van der Waals surface area contributed by atoms with Gasteiger partial charge in [0.1, 0.15) is 0 Å². The van der Waals surface area contributed by atoms with Crippen LogP contribution in [0.3, 0.4) is 0 Å². The molecule has 0 unspecified atom stereocenters. The van der Waals surface area contributed by atoms with Gasteiger partial charge in [-0.25, -0.2) is 4.79 Å². The molecule has 0 bridgehead atoms. The number of aliphatic hydroxyl groups is 1. The van der Waals surface area contributed by atoms with Crippen molar-refractivity contribution in [2.45, 2.75) is 24.5 Å². The third-order valence-corrected chi connectivity index (χ3v) is 2.03. The van der Waals surface area contributed by atoms with Crippen molar-refractivity contribution in [2.75, 3.05) is 14.2 Å². The molecule has 0 heterocycles. The molecule has 0 aliphatic heterocycles. The summed E-state index contributed by atoms with van der Waals surface area (Å²) in [4.78, 5) is 10.8. The van der Waals surface area contributed by atoms with Crippen LogP contribution in [0.2, 0.25) is 0 Å². The van der Waals surface area contributed by atoms with Crippen molar-refractivity contribution in [3.05, 3.63) is 0 Å². The van der Waals surface area contributed by atoms with Gasteiger partial charge in [0.15, 0.2) is 5.60 Å². The minimum absolute atomic E-state index is 0.000833. The lowest BCUT2D eigenvalue weighted by molar-refractivity contribution is -0.187. The number of methoxy groups -OCH3 is 2. The Morgan fingerprint density at radius 1 is 1.55 bits per heavy atom. The second kappa shape index (κ2) is 2.79. The van der Waals surface area contributed by atoms with E-state index in [-0.39, 0.29) is 6.10 Å². The number of esters is 1. The van der Waals surface area contributed by atoms with Crippen molar-refractivity contribution >= 4 is 5.97 Å². The Balaban J connectivity index is 2.42. The molecule has 4 heteroatoms. The van der Waals surface area contributed by atoms with E-state index in [2.05, 4.69) is 4.74 Å². The number of hydrogen-bond acceptors (Lipinski definition) is 4. The van der Waals surface area contributed by atoms with Crippen molar-refractivity contribution in [1.82, 2.24) is 0 Å². The fraction of sp³-hybridized carbons (Fsp3) is 0.857. The zero-order valence-corrected chi connectivity index (χ0v) is 6.66. The molecule has 1 fully saturated rings. The van der Waals surface area contributed by atoms with E-state index < -0.39 is 11.6 Å². The molecular formula is C7H12O4. The van der Waals surface area contributed by atoms with Crippen LogP contribution in [-0.2, 0) is 14.3 Å². The Hall–Kier alpha value is -0.610. The molecule has 0 aromatic rings. The molecule has 0 aromatic carbocycles. The summed E-state index contributed by atoms with van der Waals surface area (Å²) in [5.74, 6) is -0.564. The molecule has 1 N–H and O–H groups in total. The van der Waals surface area contributed by atoms with E-state index >= 15 is 0 Å². The second-order valence-corrected chi connectivity index (χ2v) is 2.79. The molecule has 1 aliphatic carbocycles. The van der Waals surface area contributed by atoms with Gasteiger partial charge in [-0.15, -0.1) is 0 Å². The number of carbonyl (C=O) groups excluding carboxylic acids is 1. The molecule has 64 valence electrons. The van der Waals surface area contributed by atoms with Crippen LogP contribution in [0.4, 0.5) is 0 Å². The number of ether oxygens (including phenoxy) is 2. The van der Waals surface area contributed by atoms with Gasteiger partial charge in [-0.2, -0.15) is 0 Å². The number of hydrogen-bond donors (Lipinski definition) is 1. The van der Waals surface area contributed by atoms with Gasteiger partial charge in [-0.05, 0) is 0 Å². The van der Waals surface area contributed by atoms with Crippen molar-refractivity contribution < 1.29 is 19.4 Å². The summed E-state index contributed by atoms with van der Waals surface area (Å²) in [6.45, 7) is 0. The molecular weight excluding hydrogens is 148 g/mol. The highest BCUT2D eigenvalue weighted by Crippen LogP contribution is 2.34. The maximum Gasteiger partial charge on any atom is 0.338 e. The van der Waals surface area contributed by atoms with Gasteiger partial charge in [-0.1, -0.05) is 0 Å². The van der Waals surface area contributed by atoms with Crippen LogP contribution in [-0.4, -0.2) is 37.0 Å². The third-order valence-electron chi connectivity index (χ3n) is 2.03. The van der Waals surface area contributed by atoms with Gasteiger partial charge in [-0.3, -0.25) is 0 Å². The Kier molecular flexibility index (Phi) is 2.15. The van der Waals surface area contributed by atoms with Crippen molar-refractivity contribution in [3.8, 4) is 0 Å². The predicted octanol–water partition coefficient (Wildman–Crippen LogP) is -0.301. The van der Waals surface area contributed by atoms with Crippen LogP contribution in [0.15, 0.2) is 0 Å². The topological polar surface area (TPSA) is 55.8 Å². The summed E-state index contributed by atoms with van der Waals surface area (Å²) in [6, 6.07) is 0. The first kappa shape index (κ1) is 8.49. The summed E-state index contributed by atoms with van der Waals surface area (Å²) >= 11 is 0. The normalized spacial score (nSPS) is 36.1. The Morgan fingerprint density at radius 3 is 2.45 bits per heavy atom. The summed E-state index contributed by atoms with van der Waals surface area (Å²) in [6.07, 6.45) is 0.686. The summed E-state index contributed by atoms with van der Waals surface area (Å²) < 4.78 is 9.31. The zero-order chi connectivity index (χ0) is 8.48. The molecule has 1 aliphatic rings. The van der Waals surface area contributed by atoms with Crippen LogP contribution in [0.1, 0.15) is 12.8 Å². The zero-order valence-electron chi connectivity index (χ0n) is 6.66. The molecule has 1 saturated carbocycles. The van der Waals surface area contributed by atoms with Crippen LogP contribution in [0.5, 0.6) is 0 Å². The van der Waals surface area contributed by atoms with Crippen LogP contribution < -0.4 is 0 Å². The van der Waals surface area contributed by atoms with Crippen molar-refractivity contribution in [1.29, 1.82) is 0 Å². The lowest BCUT2D eigenvalue weighted by atomic mass is 9.77. The van der Waals surface area contributed by atoms with Crippen LogP contribution in [0, 0.1) is 0 Å². The highest BCUT2D eigenvalue weighted by Gasteiger charge is 2.50. The first-order chi connectivity index (χ1) is 5.12. The molecule has 0 saturated heterocycles. The van der Waals surface area contributed by atoms with E-state index in [9.17, 15) is 9.90 Å². The van der Waals surface area contributed by atoms with Gasteiger partial charge >= 0.3 is 5.97 Å². The number of carbonyl (C=O) groups is 1. The molecule has 11 heavy (non-hydrogen) atoms. The average molecular weight is 160 g/mol. The largest absolute Gasteiger partial charge is 0.467 e. The highest BCUT2D eigenvalue weighted by atomic mass is 16.5. The third kappa shape index (κ3) is 1.36. The first-order valence-corrected chi connectivity index (χ1v) is 3.46. The quantitative estimate of drug-likeness (QED) is 0.563. The van der Waals surface area contributed by atoms with Crippen LogP contribution in [0.25, 0.3) is 0 Å². The SMILES string of the molecule is COC(=O)C1(O)CC(OC)C1. The molecule has 0 spiro atoms. The maximum absolute atomic E-state index is 10.8. The predicted molar refractivity (Wildman–Crippen MR) is 37.0 cm³/mol. The lowest BCUT2D eigenvalue weighted by Gasteiger charge is -2.39. The maximum atomic E-state index is 10.8. The van der Waals surface area contributed by atoms with Gasteiger partial charge in [0.25, 0.3) is 0 Å².